The van der Waals surface area contributed by atoms with Crippen molar-refractivity contribution in [2.75, 3.05) is 13.7 Å². The molecule has 0 bridgehead atoms. The van der Waals surface area contributed by atoms with Crippen molar-refractivity contribution in [3.63, 3.8) is 0 Å². The van der Waals surface area contributed by atoms with Crippen molar-refractivity contribution in [2.24, 2.45) is 5.92 Å². The molecule has 0 spiro atoms. The Kier molecular flexibility index (Phi) is 7.13. The average molecular weight is 298 g/mol. The van der Waals surface area contributed by atoms with Crippen LogP contribution in [0.15, 0.2) is 0 Å². The van der Waals surface area contributed by atoms with Crippen LogP contribution in [0.3, 0.4) is 0 Å². The molecule has 0 unspecified atom stereocenters. The molecule has 1 aromatic rings. The first-order valence-electron chi connectivity index (χ1n) is 7.80. The first kappa shape index (κ1) is 17.6. The molecule has 1 N–H and O–H groups in total. The lowest BCUT2D eigenvalue weighted by atomic mass is 9.98. The van der Waals surface area contributed by atoms with E-state index in [-0.39, 0.29) is 5.60 Å². The number of hydrogen-bond acceptors (Lipinski definition) is 4. The van der Waals surface area contributed by atoms with Crippen molar-refractivity contribution in [3.05, 3.63) is 15.6 Å². The molecule has 0 saturated heterocycles. The predicted molar refractivity (Wildman–Crippen MR) is 87.3 cm³/mol. The highest BCUT2D eigenvalue weighted by molar-refractivity contribution is 7.11. The minimum atomic E-state index is -0.197. The molecular formula is C16H30N2OS. The summed E-state index contributed by atoms with van der Waals surface area (Å²) in [6.45, 7) is 12.6. The Morgan fingerprint density at radius 2 is 1.90 bits per heavy atom. The summed E-state index contributed by atoms with van der Waals surface area (Å²) in [6.07, 6.45) is 3.00. The van der Waals surface area contributed by atoms with Crippen LogP contribution >= 0.6 is 11.3 Å². The molecule has 0 aliphatic heterocycles. The van der Waals surface area contributed by atoms with E-state index >= 15 is 0 Å². The summed E-state index contributed by atoms with van der Waals surface area (Å²) in [5.41, 5.74) is 1.05. The van der Waals surface area contributed by atoms with Crippen molar-refractivity contribution >= 4 is 11.3 Å². The van der Waals surface area contributed by atoms with Crippen LogP contribution in [0.2, 0.25) is 0 Å². The lowest BCUT2D eigenvalue weighted by molar-refractivity contribution is -0.0507. The average Bonchev–Trinajstić information content (AvgIpc) is 2.79. The lowest BCUT2D eigenvalue weighted by Crippen LogP contribution is -2.28. The van der Waals surface area contributed by atoms with Gasteiger partial charge in [-0.15, -0.1) is 11.3 Å². The summed E-state index contributed by atoms with van der Waals surface area (Å²) in [7, 11) is 1.99. The molecule has 0 aliphatic carbocycles. The molecule has 0 saturated carbocycles. The number of nitrogens with zero attached hydrogens (tertiary/aromatic N) is 1. The Labute approximate surface area is 128 Å². The Balaban J connectivity index is 3.15. The van der Waals surface area contributed by atoms with E-state index in [1.54, 1.807) is 0 Å². The second kappa shape index (κ2) is 8.11. The second-order valence-corrected chi connectivity index (χ2v) is 6.74. The van der Waals surface area contributed by atoms with E-state index in [1.165, 1.54) is 10.6 Å². The number of hydrogen-bond donors (Lipinski definition) is 1. The van der Waals surface area contributed by atoms with Gasteiger partial charge in [-0.25, -0.2) is 4.98 Å². The van der Waals surface area contributed by atoms with E-state index in [2.05, 4.69) is 39.9 Å². The summed E-state index contributed by atoms with van der Waals surface area (Å²) < 4.78 is 6.09. The third-order valence-electron chi connectivity index (χ3n) is 3.67. The minimum Gasteiger partial charge on any atom is -0.368 e. The smallest absolute Gasteiger partial charge is 0.125 e. The van der Waals surface area contributed by atoms with Crippen molar-refractivity contribution < 1.29 is 4.74 Å². The van der Waals surface area contributed by atoms with E-state index in [0.29, 0.717) is 5.92 Å². The van der Waals surface area contributed by atoms with E-state index in [1.807, 2.05) is 18.4 Å². The molecule has 1 rings (SSSR count). The minimum absolute atomic E-state index is 0.197. The van der Waals surface area contributed by atoms with Gasteiger partial charge in [0.1, 0.15) is 10.6 Å². The molecule has 0 atom stereocenters. The molecule has 1 aromatic heterocycles. The molecule has 0 radical (unpaired) electrons. The van der Waals surface area contributed by atoms with Crippen LogP contribution in [-0.2, 0) is 23.3 Å². The fourth-order valence-corrected chi connectivity index (χ4v) is 3.90. The van der Waals surface area contributed by atoms with Gasteiger partial charge in [0.15, 0.2) is 0 Å². The third kappa shape index (κ3) is 4.03. The maximum Gasteiger partial charge on any atom is 0.125 e. The molecule has 0 fully saturated rings. The summed E-state index contributed by atoms with van der Waals surface area (Å²) in [5.74, 6) is 0.630. The van der Waals surface area contributed by atoms with Gasteiger partial charge < -0.3 is 10.1 Å². The largest absolute Gasteiger partial charge is 0.368 e. The van der Waals surface area contributed by atoms with E-state index in [4.69, 9.17) is 9.72 Å². The summed E-state index contributed by atoms with van der Waals surface area (Å²) >= 11 is 1.82. The highest BCUT2D eigenvalue weighted by Gasteiger charge is 2.33. The molecule has 3 nitrogen and oxygen atoms in total. The van der Waals surface area contributed by atoms with Gasteiger partial charge in [0.25, 0.3) is 0 Å². The second-order valence-electron chi connectivity index (χ2n) is 5.65. The first-order valence-corrected chi connectivity index (χ1v) is 8.62. The zero-order valence-corrected chi connectivity index (χ0v) is 14.7. The monoisotopic (exact) mass is 298 g/mol. The molecule has 0 aromatic carbocycles. The van der Waals surface area contributed by atoms with Crippen LogP contribution in [-0.4, -0.2) is 18.6 Å². The van der Waals surface area contributed by atoms with Crippen molar-refractivity contribution in [3.8, 4) is 0 Å². The SMILES string of the molecule is CCOC(CC)(CC)c1nc(CC(C)C)c(CNC)s1. The fraction of sp³-hybridized carbons (Fsp3) is 0.812. The fourth-order valence-electron chi connectivity index (χ4n) is 2.52. The van der Waals surface area contributed by atoms with Crippen molar-refractivity contribution in [2.45, 2.75) is 66.0 Å². The highest BCUT2D eigenvalue weighted by atomic mass is 32.1. The Morgan fingerprint density at radius 1 is 1.25 bits per heavy atom. The van der Waals surface area contributed by atoms with Gasteiger partial charge in [-0.3, -0.25) is 0 Å². The molecule has 116 valence electrons. The van der Waals surface area contributed by atoms with Crippen LogP contribution in [0.5, 0.6) is 0 Å². The van der Waals surface area contributed by atoms with Gasteiger partial charge in [0.05, 0.1) is 5.69 Å². The standard InChI is InChI=1S/C16H30N2OS/c1-7-16(8-2,19-9-3)15-18-13(10-12(4)5)14(20-15)11-17-6/h12,17H,7-11H2,1-6H3. The van der Waals surface area contributed by atoms with Crippen LogP contribution in [0.4, 0.5) is 0 Å². The maximum atomic E-state index is 6.09. The number of aromatic nitrogens is 1. The summed E-state index contributed by atoms with van der Waals surface area (Å²) in [4.78, 5) is 6.32. The van der Waals surface area contributed by atoms with Gasteiger partial charge in [-0.1, -0.05) is 27.7 Å². The Bertz CT molecular complexity index is 397. The third-order valence-corrected chi connectivity index (χ3v) is 4.95. The van der Waals surface area contributed by atoms with Gasteiger partial charge in [-0.05, 0) is 39.2 Å². The van der Waals surface area contributed by atoms with Gasteiger partial charge >= 0.3 is 0 Å². The molecule has 20 heavy (non-hydrogen) atoms. The highest BCUT2D eigenvalue weighted by Crippen LogP contribution is 2.37. The molecule has 4 heteroatoms. The van der Waals surface area contributed by atoms with Crippen molar-refractivity contribution in [1.29, 1.82) is 0 Å². The molecule has 0 amide bonds. The maximum absolute atomic E-state index is 6.09. The van der Waals surface area contributed by atoms with Crippen LogP contribution in [0.25, 0.3) is 0 Å². The van der Waals surface area contributed by atoms with E-state index in [0.717, 1.165) is 37.4 Å². The van der Waals surface area contributed by atoms with E-state index < -0.39 is 0 Å². The van der Waals surface area contributed by atoms with Gasteiger partial charge in [-0.2, -0.15) is 0 Å². The molecule has 1 heterocycles. The lowest BCUT2D eigenvalue weighted by Gasteiger charge is -2.29. The topological polar surface area (TPSA) is 34.1 Å². The zero-order valence-electron chi connectivity index (χ0n) is 13.9. The predicted octanol–water partition coefficient (Wildman–Crippen LogP) is 4.11. The zero-order chi connectivity index (χ0) is 15.2. The summed E-state index contributed by atoms with van der Waals surface area (Å²) in [5, 5.41) is 4.42. The van der Waals surface area contributed by atoms with Crippen LogP contribution in [0.1, 0.15) is 63.0 Å². The number of thiazole rings is 1. The normalized spacial score (nSPS) is 12.3. The van der Waals surface area contributed by atoms with Gasteiger partial charge in [0.2, 0.25) is 0 Å². The Hall–Kier alpha value is -0.450. The first-order chi connectivity index (χ1) is 9.52. The van der Waals surface area contributed by atoms with Crippen LogP contribution < -0.4 is 5.32 Å². The Morgan fingerprint density at radius 3 is 2.35 bits per heavy atom. The van der Waals surface area contributed by atoms with Crippen molar-refractivity contribution in [1.82, 2.24) is 10.3 Å². The number of nitrogens with one attached hydrogen (secondary N) is 1. The molecular weight excluding hydrogens is 268 g/mol. The molecule has 0 aliphatic rings. The van der Waals surface area contributed by atoms with Crippen LogP contribution in [0, 0.1) is 5.92 Å². The van der Waals surface area contributed by atoms with E-state index in [9.17, 15) is 0 Å². The van der Waals surface area contributed by atoms with Gasteiger partial charge in [0, 0.05) is 18.0 Å². The number of ether oxygens (including phenoxy) is 1. The summed E-state index contributed by atoms with van der Waals surface area (Å²) in [6, 6.07) is 0. The number of rotatable bonds is 9. The quantitative estimate of drug-likeness (QED) is 0.745.